The number of carbonyl (C=O) groups is 2. The smallest absolute Gasteiger partial charge is 0.333 e. The Morgan fingerprint density at radius 3 is 2.93 bits per heavy atom. The second kappa shape index (κ2) is 3.68. The largest absolute Gasteiger partial charge is 0.457 e. The minimum atomic E-state index is -0.361. The molecule has 1 saturated heterocycles. The molecule has 1 aliphatic carbocycles. The van der Waals surface area contributed by atoms with Gasteiger partial charge in [-0.3, -0.25) is 4.79 Å². The van der Waals surface area contributed by atoms with E-state index in [1.54, 1.807) is 6.92 Å². The van der Waals surface area contributed by atoms with Crippen LogP contribution in [0.5, 0.6) is 0 Å². The zero-order valence-electron chi connectivity index (χ0n) is 8.79. The van der Waals surface area contributed by atoms with Gasteiger partial charge in [-0.05, 0) is 26.2 Å². The van der Waals surface area contributed by atoms with E-state index in [0.29, 0.717) is 5.57 Å². The van der Waals surface area contributed by atoms with E-state index in [9.17, 15) is 9.59 Å². The highest BCUT2D eigenvalue weighted by Crippen LogP contribution is 2.32. The Bertz CT molecular complexity index is 324. The van der Waals surface area contributed by atoms with Crippen molar-refractivity contribution in [1.29, 1.82) is 0 Å². The molecule has 2 bridgehead atoms. The number of nitrogens with one attached hydrogen (secondary N) is 1. The first-order valence-electron chi connectivity index (χ1n) is 5.25. The third-order valence-electron chi connectivity index (χ3n) is 3.09. The lowest BCUT2D eigenvalue weighted by atomic mass is 9.88. The Hall–Kier alpha value is -1.32. The maximum absolute atomic E-state index is 11.4. The number of amides is 1. The molecule has 0 spiro atoms. The van der Waals surface area contributed by atoms with E-state index in [1.807, 2.05) is 0 Å². The number of rotatable bonds is 2. The summed E-state index contributed by atoms with van der Waals surface area (Å²) in [6.07, 6.45) is 2.22. The molecule has 1 heterocycles. The van der Waals surface area contributed by atoms with Crippen molar-refractivity contribution in [3.05, 3.63) is 12.2 Å². The number of esters is 1. The zero-order chi connectivity index (χ0) is 11.0. The Labute approximate surface area is 88.7 Å². The third kappa shape index (κ3) is 1.89. The van der Waals surface area contributed by atoms with E-state index in [4.69, 9.17) is 4.74 Å². The first-order valence-corrected chi connectivity index (χ1v) is 5.25. The summed E-state index contributed by atoms with van der Waals surface area (Å²) >= 11 is 0. The maximum atomic E-state index is 11.4. The molecule has 0 aromatic carbocycles. The van der Waals surface area contributed by atoms with Crippen LogP contribution in [-0.2, 0) is 14.3 Å². The van der Waals surface area contributed by atoms with Gasteiger partial charge in [0.25, 0.3) is 0 Å². The quantitative estimate of drug-likeness (QED) is 0.540. The van der Waals surface area contributed by atoms with Gasteiger partial charge in [-0.15, -0.1) is 0 Å². The highest BCUT2D eigenvalue weighted by molar-refractivity contribution is 5.87. The molecule has 3 unspecified atom stereocenters. The van der Waals surface area contributed by atoms with Crippen LogP contribution in [0, 0.1) is 5.92 Å². The Kier molecular flexibility index (Phi) is 2.50. The molecule has 0 radical (unpaired) electrons. The van der Waals surface area contributed by atoms with Gasteiger partial charge in [-0.25, -0.2) is 4.79 Å². The Morgan fingerprint density at radius 2 is 2.27 bits per heavy atom. The van der Waals surface area contributed by atoms with Gasteiger partial charge in [0, 0.05) is 11.5 Å². The first kappa shape index (κ1) is 10.2. The third-order valence-corrected chi connectivity index (χ3v) is 3.09. The van der Waals surface area contributed by atoms with E-state index in [0.717, 1.165) is 19.3 Å². The van der Waals surface area contributed by atoms with Crippen molar-refractivity contribution < 1.29 is 14.3 Å². The summed E-state index contributed by atoms with van der Waals surface area (Å²) in [7, 11) is 0. The zero-order valence-corrected chi connectivity index (χ0v) is 8.79. The molecule has 1 amide bonds. The van der Waals surface area contributed by atoms with Gasteiger partial charge in [0.2, 0.25) is 5.91 Å². The normalized spacial score (nSPS) is 33.4. The summed E-state index contributed by atoms with van der Waals surface area (Å²) in [4.78, 5) is 22.7. The van der Waals surface area contributed by atoms with Gasteiger partial charge < -0.3 is 10.1 Å². The van der Waals surface area contributed by atoms with Crippen LogP contribution in [0.25, 0.3) is 0 Å². The summed E-state index contributed by atoms with van der Waals surface area (Å²) in [6.45, 7) is 5.16. The molecule has 2 rings (SSSR count). The van der Waals surface area contributed by atoms with Crippen LogP contribution in [0.3, 0.4) is 0 Å². The maximum Gasteiger partial charge on any atom is 0.333 e. The summed E-state index contributed by atoms with van der Waals surface area (Å²) in [6, 6.07) is 0.0135. The lowest BCUT2D eigenvalue weighted by Crippen LogP contribution is -2.39. The predicted molar refractivity (Wildman–Crippen MR) is 54.0 cm³/mol. The van der Waals surface area contributed by atoms with Gasteiger partial charge >= 0.3 is 5.97 Å². The van der Waals surface area contributed by atoms with Crippen LogP contribution in [0.4, 0.5) is 0 Å². The van der Waals surface area contributed by atoms with Crippen molar-refractivity contribution in [2.75, 3.05) is 0 Å². The van der Waals surface area contributed by atoms with Crippen molar-refractivity contribution in [3.63, 3.8) is 0 Å². The van der Waals surface area contributed by atoms with E-state index in [1.165, 1.54) is 0 Å². The van der Waals surface area contributed by atoms with Crippen LogP contribution in [0.1, 0.15) is 26.2 Å². The van der Waals surface area contributed by atoms with E-state index in [-0.39, 0.29) is 29.9 Å². The molecular weight excluding hydrogens is 194 g/mol. The highest BCUT2D eigenvalue weighted by atomic mass is 16.5. The van der Waals surface area contributed by atoms with E-state index < -0.39 is 0 Å². The minimum absolute atomic E-state index is 0.0135. The van der Waals surface area contributed by atoms with Crippen molar-refractivity contribution in [1.82, 2.24) is 5.32 Å². The number of fused-ring (bicyclic) bond motifs is 2. The minimum Gasteiger partial charge on any atom is -0.457 e. The molecule has 2 aliphatic rings. The van der Waals surface area contributed by atoms with Crippen molar-refractivity contribution in [2.45, 2.75) is 38.3 Å². The summed E-state index contributed by atoms with van der Waals surface area (Å²) in [5.74, 6) is -0.122. The van der Waals surface area contributed by atoms with Crippen LogP contribution >= 0.6 is 0 Å². The molecule has 1 saturated carbocycles. The second-order valence-corrected chi connectivity index (χ2v) is 4.35. The average molecular weight is 209 g/mol. The predicted octanol–water partition coefficient (Wildman–Crippen LogP) is 0.773. The highest BCUT2D eigenvalue weighted by Gasteiger charge is 2.42. The number of hydrogen-bond donors (Lipinski definition) is 1. The molecule has 3 atom stereocenters. The van der Waals surface area contributed by atoms with E-state index >= 15 is 0 Å². The molecule has 1 N–H and O–H groups in total. The molecule has 15 heavy (non-hydrogen) atoms. The lowest BCUT2D eigenvalue weighted by Gasteiger charge is -2.26. The SMILES string of the molecule is C=C(C)C(=O)OC1CCC2CC1NC2=O. The van der Waals surface area contributed by atoms with Crippen LogP contribution in [0.15, 0.2) is 12.2 Å². The van der Waals surface area contributed by atoms with Crippen LogP contribution < -0.4 is 5.32 Å². The van der Waals surface area contributed by atoms with Crippen molar-refractivity contribution in [3.8, 4) is 0 Å². The molecule has 82 valence electrons. The summed E-state index contributed by atoms with van der Waals surface area (Å²) in [5, 5.41) is 2.86. The fourth-order valence-electron chi connectivity index (χ4n) is 2.21. The van der Waals surface area contributed by atoms with Gasteiger partial charge in [0.05, 0.1) is 6.04 Å². The van der Waals surface area contributed by atoms with Gasteiger partial charge in [0.15, 0.2) is 0 Å². The molecule has 2 fully saturated rings. The van der Waals surface area contributed by atoms with Crippen molar-refractivity contribution >= 4 is 11.9 Å². The molecule has 0 aromatic heterocycles. The van der Waals surface area contributed by atoms with Gasteiger partial charge in [-0.1, -0.05) is 6.58 Å². The molecule has 4 nitrogen and oxygen atoms in total. The standard InChI is InChI=1S/C11H15NO3/c1-6(2)11(14)15-9-4-3-7-5-8(9)12-10(7)13/h7-9H,1,3-5H2,2H3,(H,12,13). The van der Waals surface area contributed by atoms with Gasteiger partial charge in [0.1, 0.15) is 6.10 Å². The average Bonchev–Trinajstić information content (AvgIpc) is 2.48. The summed E-state index contributed by atoms with van der Waals surface area (Å²) in [5.41, 5.74) is 0.404. The van der Waals surface area contributed by atoms with Crippen LogP contribution in [0.2, 0.25) is 0 Å². The van der Waals surface area contributed by atoms with Crippen molar-refractivity contribution in [2.24, 2.45) is 5.92 Å². The number of hydrogen-bond acceptors (Lipinski definition) is 3. The van der Waals surface area contributed by atoms with Gasteiger partial charge in [-0.2, -0.15) is 0 Å². The Morgan fingerprint density at radius 1 is 1.53 bits per heavy atom. The fraction of sp³-hybridized carbons (Fsp3) is 0.636. The molecular formula is C11H15NO3. The fourth-order valence-corrected chi connectivity index (χ4v) is 2.21. The molecule has 0 aromatic rings. The lowest BCUT2D eigenvalue weighted by molar-refractivity contribution is -0.146. The van der Waals surface area contributed by atoms with Crippen LogP contribution in [-0.4, -0.2) is 24.0 Å². The molecule has 4 heteroatoms. The second-order valence-electron chi connectivity index (χ2n) is 4.35. The van der Waals surface area contributed by atoms with E-state index in [2.05, 4.69) is 11.9 Å². The summed E-state index contributed by atoms with van der Waals surface area (Å²) < 4.78 is 5.28. The first-order chi connectivity index (χ1) is 7.08. The molecule has 1 aliphatic heterocycles. The topological polar surface area (TPSA) is 55.4 Å². The number of ether oxygens (including phenoxy) is 1. The Balaban J connectivity index is 1.97. The number of carbonyl (C=O) groups excluding carboxylic acids is 2. The monoisotopic (exact) mass is 209 g/mol.